The van der Waals surface area contributed by atoms with Crippen LogP contribution in [0.15, 0.2) is 0 Å². The third-order valence-corrected chi connectivity index (χ3v) is 0. The molecule has 0 bridgehead atoms. The molecule has 0 spiro atoms. The number of rotatable bonds is 0. The Morgan fingerprint density at radius 1 is 1.80 bits per heavy atom. The van der Waals surface area contributed by atoms with Crippen LogP contribution < -0.4 is 0 Å². The molecule has 5 heavy (non-hydrogen) atoms. The Labute approximate surface area is 65.0 Å². The van der Waals surface area contributed by atoms with Gasteiger partial charge in [0.2, 0.25) is 0 Å². The second kappa shape index (κ2) is 17.1. The van der Waals surface area contributed by atoms with Crippen LogP contribution in [0.1, 0.15) is 6.92 Å². The average molecular weight is 255 g/mol. The van der Waals surface area contributed by atoms with Gasteiger partial charge < -0.3 is 5.11 Å². The van der Waals surface area contributed by atoms with Crippen LogP contribution in [0.25, 0.3) is 0 Å². The van der Waals surface area contributed by atoms with E-state index in [-0.39, 0.29) is 6.61 Å². The molecule has 0 saturated carbocycles. The van der Waals surface area contributed by atoms with Crippen molar-refractivity contribution in [1.29, 1.82) is 0 Å². The summed E-state index contributed by atoms with van der Waals surface area (Å²) in [6, 6.07) is 0. The summed E-state index contributed by atoms with van der Waals surface area (Å²) < 4.78 is 4.50. The zero-order chi connectivity index (χ0) is 4.71. The van der Waals surface area contributed by atoms with Gasteiger partial charge in [0.05, 0.1) is 0 Å². The Balaban J connectivity index is 0. The Hall–Kier alpha value is 1.77. The third kappa shape index (κ3) is 26.2. The van der Waals surface area contributed by atoms with Crippen LogP contribution >= 0.6 is 4.63 Å². The van der Waals surface area contributed by atoms with Gasteiger partial charge in [-0.05, 0) is 6.92 Å². The van der Waals surface area contributed by atoms with Crippen LogP contribution in [-0.2, 0) is 0 Å². The van der Waals surface area contributed by atoms with E-state index in [0.717, 1.165) is 0 Å². The van der Waals surface area contributed by atoms with E-state index in [0.29, 0.717) is 0 Å². The zero-order valence-corrected chi connectivity index (χ0v) is 5.27. The topological polar surface area (TPSA) is 20.2 Å². The molecular weight excluding hydrogens is 249 g/mol. The van der Waals surface area contributed by atoms with E-state index in [1.807, 2.05) is 0 Å². The number of halogens is 1. The van der Waals surface area contributed by atoms with Gasteiger partial charge in [-0.2, -0.15) is 0 Å². The zero-order valence-electron chi connectivity index (χ0n) is 2.80. The summed E-state index contributed by atoms with van der Waals surface area (Å²) in [6.07, 6.45) is 0. The molecule has 1 nitrogen and oxygen atoms in total. The minimum absolute atomic E-state index is 0.250. The fourth-order valence-corrected chi connectivity index (χ4v) is 0. The SMILES string of the molecule is CCO.[Cl][Yb]. The predicted octanol–water partition coefficient (Wildman–Crippen LogP) is 0.688. The van der Waals surface area contributed by atoms with Crippen molar-refractivity contribution < 1.29 is 48.0 Å². The fraction of sp³-hybridized carbons (Fsp3) is 1.00. The molecule has 0 aromatic carbocycles. The molecule has 3 heteroatoms. The molecule has 0 unspecified atom stereocenters. The van der Waals surface area contributed by atoms with Crippen molar-refractivity contribution in [2.75, 3.05) is 6.61 Å². The summed E-state index contributed by atoms with van der Waals surface area (Å²) >= 11 is 2.17. The summed E-state index contributed by atoms with van der Waals surface area (Å²) in [7, 11) is 0. The van der Waals surface area contributed by atoms with Gasteiger partial charge in [0.1, 0.15) is 0 Å². The second-order valence-corrected chi connectivity index (χ2v) is 0.316. The van der Waals surface area contributed by atoms with Gasteiger partial charge in [-0.3, -0.25) is 0 Å². The minimum atomic E-state index is 0.250. The molecule has 0 rings (SSSR count). The maximum atomic E-state index is 7.57. The van der Waals surface area contributed by atoms with E-state index in [1.54, 1.807) is 6.92 Å². The van der Waals surface area contributed by atoms with Crippen LogP contribution in [0.2, 0.25) is 0 Å². The normalized spacial score (nSPS) is 5.00. The predicted molar refractivity (Wildman–Crippen MR) is 18.6 cm³/mol. The van der Waals surface area contributed by atoms with E-state index >= 15 is 0 Å². The van der Waals surface area contributed by atoms with Crippen LogP contribution in [0.5, 0.6) is 0 Å². The van der Waals surface area contributed by atoms with Crippen molar-refractivity contribution in [1.82, 2.24) is 0 Å². The molecule has 1 N–H and O–H groups in total. The van der Waals surface area contributed by atoms with Gasteiger partial charge in [-0.25, -0.2) is 0 Å². The molecule has 0 aliphatic heterocycles. The van der Waals surface area contributed by atoms with Crippen LogP contribution in [-0.4, -0.2) is 11.7 Å². The van der Waals surface area contributed by atoms with Crippen molar-refractivity contribution in [3.63, 3.8) is 0 Å². The van der Waals surface area contributed by atoms with Gasteiger partial charge in [0, 0.05) is 6.61 Å². The van der Waals surface area contributed by atoms with E-state index < -0.39 is 0 Å². The molecule has 0 amide bonds. The maximum absolute atomic E-state index is 7.57. The Morgan fingerprint density at radius 3 is 1.80 bits per heavy atom. The molecule has 0 aliphatic carbocycles. The molecule has 0 atom stereocenters. The summed E-state index contributed by atoms with van der Waals surface area (Å²) in [5.74, 6) is 0. The first-order valence-electron chi connectivity index (χ1n) is 1.12. The van der Waals surface area contributed by atoms with Gasteiger partial charge in [0.15, 0.2) is 0 Å². The van der Waals surface area contributed by atoms with Gasteiger partial charge in [-0.15, -0.1) is 0 Å². The molecule has 0 aliphatic rings. The molecule has 0 fully saturated rings. The molecule has 0 radical (unpaired) electrons. The van der Waals surface area contributed by atoms with Crippen molar-refractivity contribution in [3.05, 3.63) is 0 Å². The second-order valence-electron chi connectivity index (χ2n) is 0.316. The van der Waals surface area contributed by atoms with Crippen LogP contribution in [0.3, 0.4) is 0 Å². The summed E-state index contributed by atoms with van der Waals surface area (Å²) in [5, 5.41) is 7.57. The van der Waals surface area contributed by atoms with Gasteiger partial charge >= 0.3 is 47.6 Å². The van der Waals surface area contributed by atoms with Gasteiger partial charge in [0.25, 0.3) is 0 Å². The van der Waals surface area contributed by atoms with E-state index in [9.17, 15) is 0 Å². The molecule has 0 heterocycles. The van der Waals surface area contributed by atoms with Gasteiger partial charge in [-0.1, -0.05) is 0 Å². The van der Waals surface area contributed by atoms with E-state index in [1.165, 1.54) is 0 Å². The molecule has 0 saturated heterocycles. The van der Waals surface area contributed by atoms with Crippen LogP contribution in [0, 0.1) is 42.9 Å². The molecule has 41 valence electrons. The number of aliphatic hydroxyl groups is 1. The Bertz CT molecular complexity index is 9.61. The summed E-state index contributed by atoms with van der Waals surface area (Å²) in [6.45, 7) is 1.93. The number of hydrogen-bond acceptors (Lipinski definition) is 1. The monoisotopic (exact) mass is 255 g/mol. The standard InChI is InChI=1S/C2H6O.ClH.Yb/c1-2-3;;/h3H,2H2,1H3;1H;/q;;+1/p-1. The Morgan fingerprint density at radius 2 is 1.80 bits per heavy atom. The molecular formula is C2H6ClOYb. The van der Waals surface area contributed by atoms with Crippen LogP contribution in [0.4, 0.5) is 0 Å². The van der Waals surface area contributed by atoms with E-state index in [4.69, 9.17) is 5.11 Å². The van der Waals surface area contributed by atoms with Crippen molar-refractivity contribution in [2.24, 2.45) is 0 Å². The Kier molecular flexibility index (Phi) is 33.9. The fourth-order valence-electron chi connectivity index (χ4n) is 0. The van der Waals surface area contributed by atoms with Crippen molar-refractivity contribution >= 4 is 4.63 Å². The van der Waals surface area contributed by atoms with Crippen molar-refractivity contribution in [2.45, 2.75) is 6.92 Å². The quantitative estimate of drug-likeness (QED) is 0.674. The average Bonchev–Trinajstić information content (AvgIpc) is 1.46. The molecule has 0 aromatic rings. The van der Waals surface area contributed by atoms with Crippen molar-refractivity contribution in [3.8, 4) is 0 Å². The third-order valence-electron chi connectivity index (χ3n) is 0. The number of hydrogen-bond donors (Lipinski definition) is 1. The number of aliphatic hydroxyl groups excluding tert-OH is 1. The first kappa shape index (κ1) is 9.91. The summed E-state index contributed by atoms with van der Waals surface area (Å²) in [5.41, 5.74) is 0. The first-order chi connectivity index (χ1) is 2.41. The summed E-state index contributed by atoms with van der Waals surface area (Å²) in [4.78, 5) is 0. The first-order valence-corrected chi connectivity index (χ1v) is 3.27. The molecule has 0 aromatic heterocycles. The van der Waals surface area contributed by atoms with E-state index in [2.05, 4.69) is 47.6 Å².